The van der Waals surface area contributed by atoms with E-state index in [1.165, 1.54) is 6.33 Å². The molecule has 4 rings (SSSR count). The summed E-state index contributed by atoms with van der Waals surface area (Å²) in [6.45, 7) is 5.63. The van der Waals surface area contributed by atoms with E-state index in [0.717, 1.165) is 42.9 Å². The number of aryl methyl sites for hydroxylation is 1. The molecule has 1 amide bonds. The van der Waals surface area contributed by atoms with Gasteiger partial charge in [-0.15, -0.1) is 0 Å². The number of rotatable bonds is 5. The Bertz CT molecular complexity index is 1030. The molecule has 1 aliphatic heterocycles. The number of para-hydroxylation sites is 2. The maximum absolute atomic E-state index is 13.0. The number of nitrogens with zero attached hydrogens (tertiary/aromatic N) is 5. The van der Waals surface area contributed by atoms with Gasteiger partial charge < -0.3 is 15.0 Å². The number of hydrogen-bond donors (Lipinski definition) is 1. The van der Waals surface area contributed by atoms with Crippen LogP contribution in [0.3, 0.4) is 0 Å². The largest absolute Gasteiger partial charge is 0.495 e. The molecule has 152 valence electrons. The predicted molar refractivity (Wildman–Crippen MR) is 111 cm³/mol. The number of hydrogen-bond acceptors (Lipinski definition) is 6. The number of amides is 1. The second kappa shape index (κ2) is 8.06. The molecule has 0 bridgehead atoms. The molecule has 0 radical (unpaired) electrons. The van der Waals surface area contributed by atoms with Crippen LogP contribution >= 0.6 is 0 Å². The van der Waals surface area contributed by atoms with Crippen molar-refractivity contribution in [1.29, 1.82) is 0 Å². The standard InChI is InChI=1S/C21H26N6O2/c1-4-16-14(2)24-21-22-13-23-27(21)20(16)26-11-7-8-15(12-26)19(28)25-17-9-5-6-10-18(17)29-3/h5-6,9-10,13,15H,4,7-8,11-12H2,1-3H3,(H,25,28)/t15-/m0/s1. The van der Waals surface area contributed by atoms with Crippen molar-refractivity contribution >= 4 is 23.2 Å². The summed E-state index contributed by atoms with van der Waals surface area (Å²) in [6, 6.07) is 7.48. The summed E-state index contributed by atoms with van der Waals surface area (Å²) in [4.78, 5) is 24.1. The monoisotopic (exact) mass is 394 g/mol. The molecule has 0 aliphatic carbocycles. The Morgan fingerprint density at radius 2 is 2.17 bits per heavy atom. The second-order valence-electron chi connectivity index (χ2n) is 7.30. The molecule has 1 fully saturated rings. The molecule has 3 aromatic rings. The molecule has 1 aliphatic rings. The maximum atomic E-state index is 13.0. The van der Waals surface area contributed by atoms with Gasteiger partial charge in [0.1, 0.15) is 17.9 Å². The molecular formula is C21H26N6O2. The van der Waals surface area contributed by atoms with E-state index < -0.39 is 0 Å². The summed E-state index contributed by atoms with van der Waals surface area (Å²) >= 11 is 0. The second-order valence-corrected chi connectivity index (χ2v) is 7.30. The third-order valence-electron chi connectivity index (χ3n) is 5.51. The molecule has 3 heterocycles. The summed E-state index contributed by atoms with van der Waals surface area (Å²) in [7, 11) is 1.61. The lowest BCUT2D eigenvalue weighted by Gasteiger charge is -2.35. The molecule has 1 N–H and O–H groups in total. The molecule has 0 saturated carbocycles. The number of fused-ring (bicyclic) bond motifs is 1. The Morgan fingerprint density at radius 3 is 2.97 bits per heavy atom. The smallest absolute Gasteiger partial charge is 0.254 e. The van der Waals surface area contributed by atoms with Gasteiger partial charge in [0.25, 0.3) is 5.78 Å². The number of aromatic nitrogens is 4. The molecule has 29 heavy (non-hydrogen) atoms. The van der Waals surface area contributed by atoms with Gasteiger partial charge in [-0.1, -0.05) is 19.1 Å². The van der Waals surface area contributed by atoms with Crippen molar-refractivity contribution in [3.8, 4) is 5.75 Å². The number of carbonyl (C=O) groups excluding carboxylic acids is 1. The Hall–Kier alpha value is -3.16. The zero-order valence-electron chi connectivity index (χ0n) is 17.1. The highest BCUT2D eigenvalue weighted by molar-refractivity contribution is 5.94. The maximum Gasteiger partial charge on any atom is 0.254 e. The molecular weight excluding hydrogens is 368 g/mol. The highest BCUT2D eigenvalue weighted by Gasteiger charge is 2.29. The van der Waals surface area contributed by atoms with Gasteiger partial charge in [-0.3, -0.25) is 4.79 Å². The van der Waals surface area contributed by atoms with Gasteiger partial charge in [0.2, 0.25) is 5.91 Å². The van der Waals surface area contributed by atoms with Crippen molar-refractivity contribution in [2.75, 3.05) is 30.4 Å². The fourth-order valence-electron chi connectivity index (χ4n) is 4.07. The first-order valence-electron chi connectivity index (χ1n) is 10.0. The lowest BCUT2D eigenvalue weighted by atomic mass is 9.96. The van der Waals surface area contributed by atoms with Crippen LogP contribution in [0.2, 0.25) is 0 Å². The van der Waals surface area contributed by atoms with E-state index in [1.54, 1.807) is 11.6 Å². The summed E-state index contributed by atoms with van der Waals surface area (Å²) in [5, 5.41) is 7.43. The van der Waals surface area contributed by atoms with Gasteiger partial charge >= 0.3 is 0 Å². The SMILES string of the molecule is CCc1c(C)nc2ncnn2c1N1CCC[C@H](C(=O)Nc2ccccc2OC)C1. The van der Waals surface area contributed by atoms with Gasteiger partial charge in [-0.2, -0.15) is 14.6 Å². The minimum Gasteiger partial charge on any atom is -0.495 e. The van der Waals surface area contributed by atoms with Crippen molar-refractivity contribution in [1.82, 2.24) is 19.6 Å². The van der Waals surface area contributed by atoms with Crippen molar-refractivity contribution in [3.63, 3.8) is 0 Å². The number of anilines is 2. The fourth-order valence-corrected chi connectivity index (χ4v) is 4.07. The third kappa shape index (κ3) is 3.62. The first-order valence-corrected chi connectivity index (χ1v) is 10.0. The predicted octanol–water partition coefficient (Wildman–Crippen LogP) is 2.86. The number of carbonyl (C=O) groups is 1. The van der Waals surface area contributed by atoms with Crippen LogP contribution in [0, 0.1) is 12.8 Å². The Labute approximate surface area is 169 Å². The first-order chi connectivity index (χ1) is 14.1. The first kappa shape index (κ1) is 19.2. The van der Waals surface area contributed by atoms with Crippen molar-refractivity contribution < 1.29 is 9.53 Å². The summed E-state index contributed by atoms with van der Waals surface area (Å²) in [5.74, 6) is 2.15. The van der Waals surface area contributed by atoms with Gasteiger partial charge in [-0.05, 0) is 38.3 Å². The Kier molecular flexibility index (Phi) is 5.33. The summed E-state index contributed by atoms with van der Waals surface area (Å²) < 4.78 is 7.15. The highest BCUT2D eigenvalue weighted by atomic mass is 16.5. The number of methoxy groups -OCH3 is 1. The quantitative estimate of drug-likeness (QED) is 0.716. The average molecular weight is 394 g/mol. The van der Waals surface area contributed by atoms with Gasteiger partial charge in [0.05, 0.1) is 18.7 Å². The van der Waals surface area contributed by atoms with Gasteiger partial charge in [-0.25, -0.2) is 4.98 Å². The van der Waals surface area contributed by atoms with E-state index in [0.29, 0.717) is 23.8 Å². The lowest BCUT2D eigenvalue weighted by Crippen LogP contribution is -2.42. The molecule has 8 nitrogen and oxygen atoms in total. The topological polar surface area (TPSA) is 84.7 Å². The van der Waals surface area contributed by atoms with Crippen LogP contribution < -0.4 is 15.0 Å². The van der Waals surface area contributed by atoms with Crippen LogP contribution in [-0.4, -0.2) is 45.7 Å². The van der Waals surface area contributed by atoms with E-state index in [2.05, 4.69) is 32.2 Å². The molecule has 0 spiro atoms. The molecule has 8 heteroatoms. The normalized spacial score (nSPS) is 16.8. The van der Waals surface area contributed by atoms with Crippen LogP contribution in [0.25, 0.3) is 5.78 Å². The van der Waals surface area contributed by atoms with E-state index in [1.807, 2.05) is 31.2 Å². The van der Waals surface area contributed by atoms with Crippen LogP contribution in [-0.2, 0) is 11.2 Å². The van der Waals surface area contributed by atoms with Gasteiger partial charge in [0, 0.05) is 24.3 Å². The Morgan fingerprint density at radius 1 is 1.34 bits per heavy atom. The van der Waals surface area contributed by atoms with Gasteiger partial charge in [0.15, 0.2) is 0 Å². The number of nitrogens with one attached hydrogen (secondary N) is 1. The van der Waals surface area contributed by atoms with Crippen LogP contribution in [0.4, 0.5) is 11.5 Å². The van der Waals surface area contributed by atoms with E-state index in [-0.39, 0.29) is 11.8 Å². The van der Waals surface area contributed by atoms with Crippen molar-refractivity contribution in [2.45, 2.75) is 33.1 Å². The third-order valence-corrected chi connectivity index (χ3v) is 5.51. The molecule has 2 aromatic heterocycles. The molecule has 1 atom stereocenters. The molecule has 1 saturated heterocycles. The minimum atomic E-state index is -0.120. The molecule has 0 unspecified atom stereocenters. The zero-order chi connectivity index (χ0) is 20.4. The van der Waals surface area contributed by atoms with Crippen LogP contribution in [0.15, 0.2) is 30.6 Å². The molecule has 1 aromatic carbocycles. The number of ether oxygens (including phenoxy) is 1. The van der Waals surface area contributed by atoms with Crippen LogP contribution in [0.5, 0.6) is 5.75 Å². The van der Waals surface area contributed by atoms with E-state index in [9.17, 15) is 4.79 Å². The fraction of sp³-hybridized carbons (Fsp3) is 0.429. The zero-order valence-corrected chi connectivity index (χ0v) is 17.1. The van der Waals surface area contributed by atoms with E-state index >= 15 is 0 Å². The van der Waals surface area contributed by atoms with Crippen molar-refractivity contribution in [2.24, 2.45) is 5.92 Å². The summed E-state index contributed by atoms with van der Waals surface area (Å²) in [6.07, 6.45) is 4.16. The Balaban J connectivity index is 1.60. The van der Waals surface area contributed by atoms with Crippen LogP contribution in [0.1, 0.15) is 31.0 Å². The number of benzene rings is 1. The van der Waals surface area contributed by atoms with Crippen molar-refractivity contribution in [3.05, 3.63) is 41.9 Å². The number of piperidine rings is 1. The summed E-state index contributed by atoms with van der Waals surface area (Å²) in [5.41, 5.74) is 2.81. The highest BCUT2D eigenvalue weighted by Crippen LogP contribution is 2.30. The van der Waals surface area contributed by atoms with E-state index in [4.69, 9.17) is 4.74 Å². The average Bonchev–Trinajstić information content (AvgIpc) is 3.21. The minimum absolute atomic E-state index is 0.0119. The lowest BCUT2D eigenvalue weighted by molar-refractivity contribution is -0.120.